The molecule has 0 fully saturated rings. The van der Waals surface area contributed by atoms with E-state index in [9.17, 15) is 9.46 Å². The molecule has 0 aliphatic carbocycles. The Morgan fingerprint density at radius 3 is 1.54 bits per heavy atom. The van der Waals surface area contributed by atoms with Crippen LogP contribution < -0.4 is 0 Å². The fraction of sp³-hybridized carbons (Fsp3) is 1.00. The van der Waals surface area contributed by atoms with Crippen LogP contribution in [-0.4, -0.2) is 29.9 Å². The lowest BCUT2D eigenvalue weighted by molar-refractivity contribution is 0.0904. The Kier molecular flexibility index (Phi) is 16.2. The minimum atomic E-state index is -3.55. The van der Waals surface area contributed by atoms with Crippen molar-refractivity contribution < 1.29 is 18.7 Å². The molecule has 0 bridgehead atoms. The van der Waals surface area contributed by atoms with Gasteiger partial charge in [-0.2, -0.15) is 0 Å². The molecule has 0 rings (SSSR count). The topological polar surface area (TPSA) is 55.8 Å². The number of hydrogen-bond donors (Lipinski definition) is 1. The first kappa shape index (κ1) is 26.1. The average molecular weight is 393 g/mol. The van der Waals surface area contributed by atoms with Crippen LogP contribution in [0.1, 0.15) is 111 Å². The third kappa shape index (κ3) is 15.2. The van der Waals surface area contributed by atoms with Crippen LogP contribution in [0.15, 0.2) is 0 Å². The van der Waals surface area contributed by atoms with Crippen molar-refractivity contribution in [3.63, 3.8) is 0 Å². The summed E-state index contributed by atoms with van der Waals surface area (Å²) >= 11 is 0. The van der Waals surface area contributed by atoms with Gasteiger partial charge in [0.25, 0.3) is 0 Å². The zero-order valence-electron chi connectivity index (χ0n) is 17.9. The highest BCUT2D eigenvalue weighted by atomic mass is 31.2. The van der Waals surface area contributed by atoms with Gasteiger partial charge in [-0.3, -0.25) is 4.57 Å². The number of rotatable bonds is 18. The molecule has 0 aromatic rings. The average Bonchev–Trinajstić information content (AvgIpc) is 2.56. The molecule has 0 amide bonds. The highest BCUT2D eigenvalue weighted by Crippen LogP contribution is 2.54. The highest BCUT2D eigenvalue weighted by Gasteiger charge is 2.35. The Labute approximate surface area is 163 Å². The summed E-state index contributed by atoms with van der Waals surface area (Å²) in [6.45, 7) is 8.69. The van der Waals surface area contributed by atoms with Gasteiger partial charge in [-0.1, -0.05) is 84.0 Å². The molecule has 0 aromatic carbocycles. The maximum atomic E-state index is 11.9. The fourth-order valence-electron chi connectivity index (χ4n) is 2.74. The molecule has 1 unspecified atom stereocenters. The number of hydrogen-bond acceptors (Lipinski definition) is 3. The summed E-state index contributed by atoms with van der Waals surface area (Å²) in [5.74, 6) is 0. The second-order valence-electron chi connectivity index (χ2n) is 8.38. The van der Waals surface area contributed by atoms with Gasteiger partial charge in [0.05, 0.1) is 18.4 Å². The predicted octanol–water partition coefficient (Wildman–Crippen LogP) is 7.09. The number of unbranched alkanes of at least 4 members (excludes halogenated alkanes) is 12. The molecule has 0 saturated heterocycles. The largest absolute Gasteiger partial charge is 0.379 e. The second-order valence-corrected chi connectivity index (χ2v) is 11.0. The number of ether oxygens (including phenoxy) is 1. The molecular formula is C21H45O4P. The normalized spacial score (nSPS) is 14.5. The van der Waals surface area contributed by atoms with E-state index in [1.807, 2.05) is 0 Å². The van der Waals surface area contributed by atoms with Crippen LogP contribution in [-0.2, 0) is 13.8 Å². The third-order valence-electron chi connectivity index (χ3n) is 4.73. The van der Waals surface area contributed by atoms with Gasteiger partial charge in [0.1, 0.15) is 0 Å². The summed E-state index contributed by atoms with van der Waals surface area (Å²) < 4.78 is 22.5. The lowest BCUT2D eigenvalue weighted by Crippen LogP contribution is -2.18. The van der Waals surface area contributed by atoms with Gasteiger partial charge in [0.2, 0.25) is 0 Å². The summed E-state index contributed by atoms with van der Waals surface area (Å²) in [5, 5.41) is -0.734. The predicted molar refractivity (Wildman–Crippen MR) is 112 cm³/mol. The van der Waals surface area contributed by atoms with E-state index in [0.29, 0.717) is 13.2 Å². The van der Waals surface area contributed by atoms with Crippen LogP contribution in [0.25, 0.3) is 0 Å². The standard InChI is InChI=1S/C21H45O4P/c1-5-6-7-8-9-10-11-12-13-14-15-16-17-18-24-19-20-25-26(22,23)21(2,3)4/h5-20H2,1-4H3,(H,22,23). The minimum absolute atomic E-state index is 0.184. The van der Waals surface area contributed by atoms with Crippen molar-refractivity contribution in [1.82, 2.24) is 0 Å². The van der Waals surface area contributed by atoms with E-state index in [2.05, 4.69) is 6.92 Å². The van der Waals surface area contributed by atoms with Gasteiger partial charge in [0, 0.05) is 6.61 Å². The van der Waals surface area contributed by atoms with Gasteiger partial charge in [-0.15, -0.1) is 0 Å². The van der Waals surface area contributed by atoms with Crippen molar-refractivity contribution in [1.29, 1.82) is 0 Å². The lowest BCUT2D eigenvalue weighted by atomic mass is 10.0. The molecule has 26 heavy (non-hydrogen) atoms. The molecule has 0 aliphatic heterocycles. The van der Waals surface area contributed by atoms with E-state index < -0.39 is 12.8 Å². The monoisotopic (exact) mass is 392 g/mol. The Hall–Kier alpha value is 0.110. The van der Waals surface area contributed by atoms with Crippen molar-refractivity contribution in [3.05, 3.63) is 0 Å². The van der Waals surface area contributed by atoms with E-state index >= 15 is 0 Å². The van der Waals surface area contributed by atoms with Gasteiger partial charge in [-0.25, -0.2) is 0 Å². The quantitative estimate of drug-likeness (QED) is 0.200. The van der Waals surface area contributed by atoms with E-state index in [1.54, 1.807) is 20.8 Å². The molecule has 0 heterocycles. The first-order valence-corrected chi connectivity index (χ1v) is 12.4. The second kappa shape index (κ2) is 16.1. The minimum Gasteiger partial charge on any atom is -0.379 e. The van der Waals surface area contributed by atoms with Crippen molar-refractivity contribution in [2.75, 3.05) is 19.8 Å². The zero-order chi connectivity index (χ0) is 19.7. The molecular weight excluding hydrogens is 347 g/mol. The first-order valence-electron chi connectivity index (χ1n) is 10.9. The van der Waals surface area contributed by atoms with Crippen molar-refractivity contribution in [2.24, 2.45) is 0 Å². The molecule has 0 saturated carbocycles. The van der Waals surface area contributed by atoms with Gasteiger partial charge in [0.15, 0.2) is 0 Å². The molecule has 1 atom stereocenters. The lowest BCUT2D eigenvalue weighted by Gasteiger charge is -2.24. The van der Waals surface area contributed by atoms with Crippen LogP contribution in [0.4, 0.5) is 0 Å². The summed E-state index contributed by atoms with van der Waals surface area (Å²) in [7, 11) is -3.55. The summed E-state index contributed by atoms with van der Waals surface area (Å²) in [6.07, 6.45) is 17.4. The van der Waals surface area contributed by atoms with Crippen LogP contribution in [0.2, 0.25) is 0 Å². The molecule has 0 radical (unpaired) electrons. The van der Waals surface area contributed by atoms with Crippen LogP contribution >= 0.6 is 7.60 Å². The van der Waals surface area contributed by atoms with E-state index in [1.165, 1.54) is 77.0 Å². The molecule has 4 nitrogen and oxygen atoms in total. The Balaban J connectivity index is 3.22. The van der Waals surface area contributed by atoms with E-state index in [-0.39, 0.29) is 6.61 Å². The highest BCUT2D eigenvalue weighted by molar-refractivity contribution is 7.54. The zero-order valence-corrected chi connectivity index (χ0v) is 18.8. The molecule has 0 aliphatic rings. The molecule has 1 N–H and O–H groups in total. The van der Waals surface area contributed by atoms with Crippen LogP contribution in [0.5, 0.6) is 0 Å². The van der Waals surface area contributed by atoms with Crippen LogP contribution in [0, 0.1) is 0 Å². The van der Waals surface area contributed by atoms with Crippen molar-refractivity contribution >= 4 is 7.60 Å². The van der Waals surface area contributed by atoms with E-state index in [4.69, 9.17) is 9.26 Å². The third-order valence-corrected chi connectivity index (χ3v) is 6.96. The summed E-state index contributed by atoms with van der Waals surface area (Å²) in [6, 6.07) is 0. The van der Waals surface area contributed by atoms with Crippen molar-refractivity contribution in [3.8, 4) is 0 Å². The van der Waals surface area contributed by atoms with Crippen molar-refractivity contribution in [2.45, 2.75) is 116 Å². The van der Waals surface area contributed by atoms with Gasteiger partial charge >= 0.3 is 7.60 Å². The smallest absolute Gasteiger partial charge is 0.333 e. The molecule has 0 spiro atoms. The Bertz CT molecular complexity index is 352. The first-order chi connectivity index (χ1) is 12.3. The van der Waals surface area contributed by atoms with Gasteiger partial charge < -0.3 is 14.2 Å². The molecule has 158 valence electrons. The maximum Gasteiger partial charge on any atom is 0.333 e. The summed E-state index contributed by atoms with van der Waals surface area (Å²) in [4.78, 5) is 9.75. The van der Waals surface area contributed by atoms with E-state index in [0.717, 1.165) is 6.42 Å². The van der Waals surface area contributed by atoms with Gasteiger partial charge in [-0.05, 0) is 27.2 Å². The Morgan fingerprint density at radius 1 is 0.692 bits per heavy atom. The molecule has 5 heteroatoms. The SMILES string of the molecule is CCCCCCCCCCCCCCCOCCOP(=O)(O)C(C)(C)C. The Morgan fingerprint density at radius 2 is 1.12 bits per heavy atom. The fourth-order valence-corrected chi connectivity index (χ4v) is 3.45. The molecule has 0 aromatic heterocycles. The maximum absolute atomic E-state index is 11.9. The van der Waals surface area contributed by atoms with Crippen LogP contribution in [0.3, 0.4) is 0 Å². The summed E-state index contributed by atoms with van der Waals surface area (Å²) in [5.41, 5.74) is 0.